The van der Waals surface area contributed by atoms with Crippen molar-refractivity contribution >= 4 is 0 Å². The van der Waals surface area contributed by atoms with Gasteiger partial charge in [0.05, 0.1) is 34.2 Å². The lowest BCUT2D eigenvalue weighted by Gasteiger charge is -2.12. The van der Waals surface area contributed by atoms with Gasteiger partial charge in [0, 0.05) is 50.1 Å². The summed E-state index contributed by atoms with van der Waals surface area (Å²) in [5.41, 5.74) is 16.8. The summed E-state index contributed by atoms with van der Waals surface area (Å²) in [5, 5.41) is 0. The van der Waals surface area contributed by atoms with Gasteiger partial charge in [-0.05, 0) is 37.6 Å². The molecule has 0 aliphatic heterocycles. The van der Waals surface area contributed by atoms with E-state index in [9.17, 15) is 0 Å². The Labute approximate surface area is 343 Å². The molecule has 0 unspecified atom stereocenters. The van der Waals surface area contributed by atoms with Crippen molar-refractivity contribution in [3.05, 3.63) is 199 Å². The molecule has 0 fully saturated rings. The minimum Gasteiger partial charge on any atom is -0.337 e. The van der Waals surface area contributed by atoms with E-state index in [4.69, 9.17) is 15.0 Å². The molecule has 0 aliphatic rings. The van der Waals surface area contributed by atoms with Crippen LogP contribution in [-0.4, -0.2) is 29.9 Å². The molecule has 10 rings (SSSR count). The number of hydrogen-bond acceptors (Lipinski definition) is 3. The smallest absolute Gasteiger partial charge is 0.138 e. The third-order valence-electron chi connectivity index (χ3n) is 10.8. The lowest BCUT2D eigenvalue weighted by atomic mass is 9.95. The molecule has 6 heteroatoms. The first-order chi connectivity index (χ1) is 29.1. The van der Waals surface area contributed by atoms with E-state index >= 15 is 0 Å². The molecule has 59 heavy (non-hydrogen) atoms. The van der Waals surface area contributed by atoms with Crippen molar-refractivity contribution in [2.45, 2.75) is 13.8 Å². The molecule has 7 aromatic carbocycles. The van der Waals surface area contributed by atoms with Gasteiger partial charge in [-0.1, -0.05) is 175 Å². The van der Waals surface area contributed by atoms with Gasteiger partial charge in [0.2, 0.25) is 0 Å². The SMILES string of the molecule is Cc1ccc(-c2nc(-c3ccccc3)c(-c3cc(-c4nc(-c5ccccc5C)[nH]c4-c4ccccc4)cc(-c4[nH]c(-c5ccccc5)nc4-c4ccccc4)c3)[nH]2)cc1. The van der Waals surface area contributed by atoms with E-state index in [0.29, 0.717) is 0 Å². The Balaban J connectivity index is 1.26. The van der Waals surface area contributed by atoms with E-state index in [1.54, 1.807) is 0 Å². The fourth-order valence-corrected chi connectivity index (χ4v) is 7.77. The number of rotatable bonds is 9. The lowest BCUT2D eigenvalue weighted by molar-refractivity contribution is 1.28. The Morgan fingerprint density at radius 2 is 0.678 bits per heavy atom. The van der Waals surface area contributed by atoms with Crippen molar-refractivity contribution in [1.29, 1.82) is 0 Å². The first-order valence-electron chi connectivity index (χ1n) is 19.9. The van der Waals surface area contributed by atoms with Crippen molar-refractivity contribution in [3.63, 3.8) is 0 Å². The maximum atomic E-state index is 5.43. The van der Waals surface area contributed by atoms with Gasteiger partial charge in [-0.15, -0.1) is 0 Å². The Bertz CT molecular complexity index is 3030. The number of H-pyrrole nitrogens is 3. The zero-order chi connectivity index (χ0) is 39.7. The Hall–Kier alpha value is -7.83. The summed E-state index contributed by atoms with van der Waals surface area (Å²) < 4.78 is 0. The van der Waals surface area contributed by atoms with Crippen LogP contribution in [0.4, 0.5) is 0 Å². The monoisotopic (exact) mass is 760 g/mol. The quantitative estimate of drug-likeness (QED) is 0.137. The molecule has 3 aromatic heterocycles. The first-order valence-corrected chi connectivity index (χ1v) is 19.9. The average Bonchev–Trinajstić information content (AvgIpc) is 4.07. The molecule has 0 amide bonds. The summed E-state index contributed by atoms with van der Waals surface area (Å²) in [5.74, 6) is 2.41. The molecule has 3 N–H and O–H groups in total. The summed E-state index contributed by atoms with van der Waals surface area (Å²) in [4.78, 5) is 27.3. The summed E-state index contributed by atoms with van der Waals surface area (Å²) in [6.07, 6.45) is 0. The van der Waals surface area contributed by atoms with E-state index in [1.165, 1.54) is 5.56 Å². The topological polar surface area (TPSA) is 86.0 Å². The summed E-state index contributed by atoms with van der Waals surface area (Å²) in [6, 6.07) is 65.1. The maximum Gasteiger partial charge on any atom is 0.138 e. The van der Waals surface area contributed by atoms with Crippen molar-refractivity contribution in [3.8, 4) is 102 Å². The molecule has 0 bridgehead atoms. The van der Waals surface area contributed by atoms with Crippen LogP contribution in [0.15, 0.2) is 188 Å². The first kappa shape index (κ1) is 35.6. The van der Waals surface area contributed by atoms with Gasteiger partial charge in [0.15, 0.2) is 0 Å². The average molecular weight is 761 g/mol. The highest BCUT2D eigenvalue weighted by atomic mass is 15.0. The molecule has 0 atom stereocenters. The van der Waals surface area contributed by atoms with Gasteiger partial charge in [0.25, 0.3) is 0 Å². The van der Waals surface area contributed by atoms with E-state index < -0.39 is 0 Å². The Kier molecular flexibility index (Phi) is 9.20. The second-order valence-corrected chi connectivity index (χ2v) is 14.9. The van der Waals surface area contributed by atoms with Gasteiger partial charge in [-0.3, -0.25) is 0 Å². The van der Waals surface area contributed by atoms with E-state index in [-0.39, 0.29) is 0 Å². The van der Waals surface area contributed by atoms with Crippen LogP contribution in [0.1, 0.15) is 11.1 Å². The molecule has 6 nitrogen and oxygen atoms in total. The number of nitrogens with one attached hydrogen (secondary N) is 3. The highest BCUT2D eigenvalue weighted by Crippen LogP contribution is 2.42. The number of aryl methyl sites for hydroxylation is 2. The molecular weight excluding hydrogens is 721 g/mol. The Morgan fingerprint density at radius 1 is 0.305 bits per heavy atom. The number of nitrogens with zero attached hydrogens (tertiary/aromatic N) is 3. The maximum absolute atomic E-state index is 5.43. The summed E-state index contributed by atoms with van der Waals surface area (Å²) >= 11 is 0. The van der Waals surface area contributed by atoms with Crippen molar-refractivity contribution < 1.29 is 0 Å². The minimum absolute atomic E-state index is 0.797. The highest BCUT2D eigenvalue weighted by Gasteiger charge is 2.23. The second kappa shape index (κ2) is 15.3. The van der Waals surface area contributed by atoms with Crippen LogP contribution in [0.2, 0.25) is 0 Å². The van der Waals surface area contributed by atoms with E-state index in [0.717, 1.165) is 107 Å². The zero-order valence-corrected chi connectivity index (χ0v) is 32.7. The van der Waals surface area contributed by atoms with Gasteiger partial charge in [-0.2, -0.15) is 0 Å². The van der Waals surface area contributed by atoms with E-state index in [2.05, 4.69) is 180 Å². The second-order valence-electron chi connectivity index (χ2n) is 14.9. The number of hydrogen-bond donors (Lipinski definition) is 3. The van der Waals surface area contributed by atoms with Gasteiger partial charge in [0.1, 0.15) is 17.5 Å². The molecule has 0 saturated heterocycles. The molecule has 10 aromatic rings. The predicted octanol–water partition coefficient (Wildman–Crippen LogP) is 13.5. The third kappa shape index (κ3) is 6.98. The highest BCUT2D eigenvalue weighted by molar-refractivity contribution is 5.92. The molecule has 282 valence electrons. The van der Waals surface area contributed by atoms with Gasteiger partial charge < -0.3 is 15.0 Å². The van der Waals surface area contributed by atoms with Crippen LogP contribution in [0.25, 0.3) is 102 Å². The molecule has 0 radical (unpaired) electrons. The molecule has 0 saturated carbocycles. The van der Waals surface area contributed by atoms with Gasteiger partial charge >= 0.3 is 0 Å². The number of imidazole rings is 3. The van der Waals surface area contributed by atoms with Crippen molar-refractivity contribution in [2.24, 2.45) is 0 Å². The minimum atomic E-state index is 0.797. The zero-order valence-electron chi connectivity index (χ0n) is 32.7. The lowest BCUT2D eigenvalue weighted by Crippen LogP contribution is -1.92. The van der Waals surface area contributed by atoms with Crippen molar-refractivity contribution in [2.75, 3.05) is 0 Å². The van der Waals surface area contributed by atoms with Crippen LogP contribution in [-0.2, 0) is 0 Å². The van der Waals surface area contributed by atoms with Crippen LogP contribution < -0.4 is 0 Å². The summed E-state index contributed by atoms with van der Waals surface area (Å²) in [6.45, 7) is 4.23. The third-order valence-corrected chi connectivity index (χ3v) is 10.8. The molecule has 0 aliphatic carbocycles. The normalized spacial score (nSPS) is 11.2. The van der Waals surface area contributed by atoms with Crippen molar-refractivity contribution in [1.82, 2.24) is 29.9 Å². The largest absolute Gasteiger partial charge is 0.337 e. The standard InChI is InChI=1S/C53H40N6/c1-34-27-29-40(30-28-34)52-55-46(37-20-9-4-10-21-37)49(57-52)42-31-41(48-45(36-18-7-3-8-19-36)54-51(56-48)39-24-13-6-14-25-39)32-43(33-42)50-47(38-22-11-5-12-23-38)58-53(59-50)44-26-16-15-17-35(44)2/h3-33H,1-2H3,(H,54,56)(H,55,57)(H,58,59). The fourth-order valence-electron chi connectivity index (χ4n) is 7.77. The molecule has 0 spiro atoms. The number of benzene rings is 7. The Morgan fingerprint density at radius 3 is 1.20 bits per heavy atom. The molecule has 3 heterocycles. The fraction of sp³-hybridized carbons (Fsp3) is 0.0377. The van der Waals surface area contributed by atoms with Crippen LogP contribution in [0.3, 0.4) is 0 Å². The summed E-state index contributed by atoms with van der Waals surface area (Å²) in [7, 11) is 0. The molecular formula is C53H40N6. The number of aromatic nitrogens is 6. The number of aromatic amines is 3. The van der Waals surface area contributed by atoms with E-state index in [1.807, 2.05) is 36.4 Å². The van der Waals surface area contributed by atoms with Crippen LogP contribution in [0.5, 0.6) is 0 Å². The van der Waals surface area contributed by atoms with Crippen LogP contribution in [0, 0.1) is 13.8 Å². The van der Waals surface area contributed by atoms with Crippen LogP contribution >= 0.6 is 0 Å². The van der Waals surface area contributed by atoms with Gasteiger partial charge in [-0.25, -0.2) is 15.0 Å². The predicted molar refractivity (Wildman–Crippen MR) is 241 cm³/mol.